The van der Waals surface area contributed by atoms with Crippen molar-refractivity contribution in [3.05, 3.63) is 52.5 Å². The van der Waals surface area contributed by atoms with Crippen LogP contribution in [0.3, 0.4) is 0 Å². The molecule has 1 fully saturated rings. The molecule has 0 saturated carbocycles. The highest BCUT2D eigenvalue weighted by Gasteiger charge is 2.21. The molecule has 3 heterocycles. The van der Waals surface area contributed by atoms with Crippen LogP contribution in [0, 0.1) is 6.92 Å². The lowest BCUT2D eigenvalue weighted by Gasteiger charge is -2.15. The molecule has 1 aromatic carbocycles. The van der Waals surface area contributed by atoms with Crippen LogP contribution in [0.15, 0.2) is 36.4 Å². The maximum atomic E-state index is 12.9. The molecule has 1 aliphatic rings. The van der Waals surface area contributed by atoms with E-state index in [9.17, 15) is 4.79 Å². The van der Waals surface area contributed by atoms with E-state index >= 15 is 0 Å². The van der Waals surface area contributed by atoms with Gasteiger partial charge in [0.2, 0.25) is 0 Å². The standard InChI is InChI=1S/C21H24N2O3S/c1-14-10-17-20(27-14)11-18(21(24)22-12-16-7-5-9-26-16)23(17)13-15-6-3-4-8-19(15)25-2/h3-4,6,8,10-11,16H,5,7,9,12-13H2,1-2H3,(H,22,24)/t16-/m1/s1. The number of ether oxygens (including phenoxy) is 2. The van der Waals surface area contributed by atoms with Crippen LogP contribution in [-0.2, 0) is 11.3 Å². The first-order valence-corrected chi connectivity index (χ1v) is 10.1. The zero-order valence-electron chi connectivity index (χ0n) is 15.7. The fourth-order valence-electron chi connectivity index (χ4n) is 3.63. The zero-order chi connectivity index (χ0) is 18.8. The van der Waals surface area contributed by atoms with Crippen LogP contribution in [0.25, 0.3) is 10.2 Å². The summed E-state index contributed by atoms with van der Waals surface area (Å²) in [6.07, 6.45) is 2.21. The highest BCUT2D eigenvalue weighted by molar-refractivity contribution is 7.19. The number of aromatic nitrogens is 1. The van der Waals surface area contributed by atoms with Gasteiger partial charge in [-0.25, -0.2) is 0 Å². The van der Waals surface area contributed by atoms with Gasteiger partial charge in [0.25, 0.3) is 5.91 Å². The Labute approximate surface area is 162 Å². The van der Waals surface area contributed by atoms with Gasteiger partial charge >= 0.3 is 0 Å². The Morgan fingerprint density at radius 3 is 3.00 bits per heavy atom. The Morgan fingerprint density at radius 1 is 1.37 bits per heavy atom. The molecule has 3 aromatic rings. The summed E-state index contributed by atoms with van der Waals surface area (Å²) in [7, 11) is 1.67. The molecule has 0 aliphatic carbocycles. The zero-order valence-corrected chi connectivity index (χ0v) is 16.5. The van der Waals surface area contributed by atoms with Crippen molar-refractivity contribution in [3.63, 3.8) is 0 Å². The van der Waals surface area contributed by atoms with E-state index in [1.807, 2.05) is 30.3 Å². The van der Waals surface area contributed by atoms with E-state index in [0.717, 1.165) is 41.0 Å². The number of thiophene rings is 1. The second-order valence-electron chi connectivity index (χ2n) is 6.88. The van der Waals surface area contributed by atoms with Crippen molar-refractivity contribution in [2.75, 3.05) is 20.3 Å². The second kappa shape index (κ2) is 7.74. The molecule has 1 atom stereocenters. The third kappa shape index (κ3) is 3.73. The smallest absolute Gasteiger partial charge is 0.268 e. The van der Waals surface area contributed by atoms with Crippen molar-refractivity contribution in [2.24, 2.45) is 0 Å². The van der Waals surface area contributed by atoms with Crippen LogP contribution in [0.4, 0.5) is 0 Å². The van der Waals surface area contributed by atoms with Crippen molar-refractivity contribution < 1.29 is 14.3 Å². The molecular weight excluding hydrogens is 360 g/mol. The van der Waals surface area contributed by atoms with Gasteiger partial charge in [0.15, 0.2) is 0 Å². The lowest BCUT2D eigenvalue weighted by atomic mass is 10.2. The number of amides is 1. The number of methoxy groups -OCH3 is 1. The van der Waals surface area contributed by atoms with Crippen molar-refractivity contribution in [2.45, 2.75) is 32.4 Å². The fourth-order valence-corrected chi connectivity index (χ4v) is 4.59. The Kier molecular flexibility index (Phi) is 5.18. The summed E-state index contributed by atoms with van der Waals surface area (Å²) in [5, 5.41) is 3.05. The molecular formula is C21H24N2O3S. The van der Waals surface area contributed by atoms with E-state index in [-0.39, 0.29) is 12.0 Å². The molecule has 4 rings (SSSR count). The fraction of sp³-hybridized carbons (Fsp3) is 0.381. The summed E-state index contributed by atoms with van der Waals surface area (Å²) in [5.41, 5.74) is 2.82. The van der Waals surface area contributed by atoms with E-state index in [2.05, 4.69) is 22.9 Å². The van der Waals surface area contributed by atoms with Gasteiger partial charge in [-0.3, -0.25) is 4.79 Å². The minimum Gasteiger partial charge on any atom is -0.496 e. The summed E-state index contributed by atoms with van der Waals surface area (Å²) in [6, 6.07) is 12.1. The number of aryl methyl sites for hydroxylation is 1. The minimum absolute atomic E-state index is 0.0542. The third-order valence-corrected chi connectivity index (χ3v) is 5.97. The Bertz CT molecular complexity index is 954. The number of hydrogen-bond donors (Lipinski definition) is 1. The van der Waals surface area contributed by atoms with Crippen molar-refractivity contribution in [1.29, 1.82) is 0 Å². The number of rotatable bonds is 6. The van der Waals surface area contributed by atoms with Crippen LogP contribution in [0.1, 0.15) is 33.8 Å². The van der Waals surface area contributed by atoms with Crippen LogP contribution < -0.4 is 10.1 Å². The summed E-state index contributed by atoms with van der Waals surface area (Å²) < 4.78 is 14.3. The third-order valence-electron chi connectivity index (χ3n) is 4.98. The molecule has 2 aromatic heterocycles. The molecule has 0 spiro atoms. The van der Waals surface area contributed by atoms with Crippen LogP contribution >= 0.6 is 11.3 Å². The molecule has 1 amide bonds. The second-order valence-corrected chi connectivity index (χ2v) is 8.17. The summed E-state index contributed by atoms with van der Waals surface area (Å²) in [5.74, 6) is 0.776. The SMILES string of the molecule is COc1ccccc1Cn1c(C(=O)NC[C@H]2CCCO2)cc2sc(C)cc21. The molecule has 1 saturated heterocycles. The monoisotopic (exact) mass is 384 g/mol. The predicted octanol–water partition coefficient (Wildman–Crippen LogP) is 3.98. The number of nitrogens with zero attached hydrogens (tertiary/aromatic N) is 1. The van der Waals surface area contributed by atoms with Crippen LogP contribution in [0.2, 0.25) is 0 Å². The number of carbonyl (C=O) groups excluding carboxylic acids is 1. The topological polar surface area (TPSA) is 52.5 Å². The van der Waals surface area contributed by atoms with E-state index in [1.54, 1.807) is 18.4 Å². The summed E-state index contributed by atoms with van der Waals surface area (Å²) in [4.78, 5) is 14.1. The number of para-hydroxylation sites is 1. The Morgan fingerprint density at radius 2 is 2.22 bits per heavy atom. The van der Waals surface area contributed by atoms with Gasteiger partial charge in [-0.1, -0.05) is 18.2 Å². The quantitative estimate of drug-likeness (QED) is 0.699. The number of fused-ring (bicyclic) bond motifs is 1. The van der Waals surface area contributed by atoms with Crippen molar-refractivity contribution in [3.8, 4) is 5.75 Å². The highest BCUT2D eigenvalue weighted by Crippen LogP contribution is 2.30. The summed E-state index contributed by atoms with van der Waals surface area (Å²) in [6.45, 7) is 4.03. The molecule has 0 bridgehead atoms. The number of benzene rings is 1. The molecule has 6 heteroatoms. The maximum Gasteiger partial charge on any atom is 0.268 e. The lowest BCUT2D eigenvalue weighted by molar-refractivity contribution is 0.0851. The van der Waals surface area contributed by atoms with E-state index in [0.29, 0.717) is 18.8 Å². The van der Waals surface area contributed by atoms with Gasteiger partial charge in [-0.05, 0) is 38.0 Å². The van der Waals surface area contributed by atoms with E-state index in [4.69, 9.17) is 9.47 Å². The van der Waals surface area contributed by atoms with Gasteiger partial charge in [0.1, 0.15) is 11.4 Å². The molecule has 1 N–H and O–H groups in total. The molecule has 142 valence electrons. The first-order chi connectivity index (χ1) is 13.2. The molecule has 1 aliphatic heterocycles. The largest absolute Gasteiger partial charge is 0.496 e. The molecule has 0 unspecified atom stereocenters. The highest BCUT2D eigenvalue weighted by atomic mass is 32.1. The average Bonchev–Trinajstić information content (AvgIpc) is 3.38. The van der Waals surface area contributed by atoms with Gasteiger partial charge in [-0.15, -0.1) is 11.3 Å². The van der Waals surface area contributed by atoms with Gasteiger partial charge in [0.05, 0.1) is 30.0 Å². The molecule has 5 nitrogen and oxygen atoms in total. The van der Waals surface area contributed by atoms with Crippen LogP contribution in [0.5, 0.6) is 5.75 Å². The lowest BCUT2D eigenvalue weighted by Crippen LogP contribution is -2.33. The molecule has 27 heavy (non-hydrogen) atoms. The average molecular weight is 385 g/mol. The summed E-state index contributed by atoms with van der Waals surface area (Å²) >= 11 is 1.71. The first kappa shape index (κ1) is 18.1. The number of nitrogens with one attached hydrogen (secondary N) is 1. The Hall–Kier alpha value is -2.31. The van der Waals surface area contributed by atoms with Crippen molar-refractivity contribution in [1.82, 2.24) is 9.88 Å². The minimum atomic E-state index is -0.0542. The number of hydrogen-bond acceptors (Lipinski definition) is 4. The van der Waals surface area contributed by atoms with Crippen molar-refractivity contribution >= 4 is 27.5 Å². The first-order valence-electron chi connectivity index (χ1n) is 9.27. The normalized spacial score (nSPS) is 16.7. The van der Waals surface area contributed by atoms with E-state index in [1.165, 1.54) is 4.88 Å². The van der Waals surface area contributed by atoms with E-state index < -0.39 is 0 Å². The van der Waals surface area contributed by atoms with Gasteiger partial charge in [-0.2, -0.15) is 0 Å². The van der Waals surface area contributed by atoms with Crippen LogP contribution in [-0.4, -0.2) is 36.8 Å². The Balaban J connectivity index is 1.64. The predicted molar refractivity (Wildman–Crippen MR) is 108 cm³/mol. The van der Waals surface area contributed by atoms with Gasteiger partial charge in [0, 0.05) is 23.6 Å². The maximum absolute atomic E-state index is 12.9. The van der Waals surface area contributed by atoms with Gasteiger partial charge < -0.3 is 19.4 Å². The molecule has 0 radical (unpaired) electrons. The number of carbonyl (C=O) groups is 1.